The number of nitrogens with zero attached hydrogens (tertiary/aromatic N) is 2. The molecule has 1 aliphatic heterocycles. The molecule has 0 saturated carbocycles. The van der Waals surface area contributed by atoms with Gasteiger partial charge in [0, 0.05) is 6.92 Å². The molecule has 0 saturated heterocycles. The number of rotatable bonds is 4. The average Bonchev–Trinajstić information content (AvgIpc) is 2.77. The van der Waals surface area contributed by atoms with Gasteiger partial charge in [0.1, 0.15) is 0 Å². The third kappa shape index (κ3) is 3.07. The maximum absolute atomic E-state index is 12.3. The van der Waals surface area contributed by atoms with E-state index in [1.54, 1.807) is 37.3 Å². The lowest BCUT2D eigenvalue weighted by molar-refractivity contribution is -0.149. The van der Waals surface area contributed by atoms with Crippen LogP contribution in [0, 0.1) is 0 Å². The van der Waals surface area contributed by atoms with Crippen LogP contribution >= 0.6 is 0 Å². The van der Waals surface area contributed by atoms with Gasteiger partial charge in [0.05, 0.1) is 12.3 Å². The van der Waals surface area contributed by atoms with E-state index in [-0.39, 0.29) is 12.3 Å². The van der Waals surface area contributed by atoms with Crippen LogP contribution in [0.4, 0.5) is 5.69 Å². The van der Waals surface area contributed by atoms with Crippen molar-refractivity contribution in [3.63, 3.8) is 0 Å². The van der Waals surface area contributed by atoms with Crippen LogP contribution in [-0.4, -0.2) is 36.3 Å². The van der Waals surface area contributed by atoms with Gasteiger partial charge in [0.2, 0.25) is 6.10 Å². The second-order valence-corrected chi connectivity index (χ2v) is 4.18. The molecule has 1 atom stereocenters. The summed E-state index contributed by atoms with van der Waals surface area (Å²) in [5, 5.41) is 4.97. The van der Waals surface area contributed by atoms with Crippen LogP contribution in [0.3, 0.4) is 0 Å². The number of para-hydroxylation sites is 1. The highest BCUT2D eigenvalue weighted by Gasteiger charge is 2.43. The largest absolute Gasteiger partial charge is 0.461 e. The van der Waals surface area contributed by atoms with Crippen molar-refractivity contribution < 1.29 is 23.9 Å². The van der Waals surface area contributed by atoms with Crippen molar-refractivity contribution in [3.05, 3.63) is 30.3 Å². The molecule has 0 fully saturated rings. The Hall–Kier alpha value is -2.70. The number of carbonyl (C=O) groups is 3. The number of carbonyl (C=O) groups excluding carboxylic acids is 3. The van der Waals surface area contributed by atoms with Crippen LogP contribution in [0.25, 0.3) is 0 Å². The molecule has 1 amide bonds. The van der Waals surface area contributed by atoms with E-state index in [0.29, 0.717) is 5.69 Å². The van der Waals surface area contributed by atoms with E-state index < -0.39 is 23.9 Å². The molecule has 2 rings (SSSR count). The molecule has 21 heavy (non-hydrogen) atoms. The van der Waals surface area contributed by atoms with Crippen LogP contribution in [0.15, 0.2) is 35.4 Å². The number of ether oxygens (including phenoxy) is 2. The van der Waals surface area contributed by atoms with Gasteiger partial charge in [-0.3, -0.25) is 9.59 Å². The van der Waals surface area contributed by atoms with Gasteiger partial charge in [-0.15, -0.1) is 0 Å². The minimum absolute atomic E-state index is 0.129. The Morgan fingerprint density at radius 2 is 1.95 bits per heavy atom. The quantitative estimate of drug-likeness (QED) is 0.769. The zero-order valence-corrected chi connectivity index (χ0v) is 11.6. The van der Waals surface area contributed by atoms with Crippen molar-refractivity contribution >= 4 is 29.2 Å². The molecule has 110 valence electrons. The number of esters is 2. The highest BCUT2D eigenvalue weighted by molar-refractivity contribution is 6.45. The van der Waals surface area contributed by atoms with E-state index in [4.69, 9.17) is 9.47 Å². The van der Waals surface area contributed by atoms with Crippen LogP contribution < -0.4 is 5.01 Å². The standard InChI is InChI=1S/C14H14N2O5/c1-3-20-14(19)11-12(21-9(2)17)13(18)16(15-11)10-7-5-4-6-8-10/h4-8,12H,3H2,1-2H3/t12-/m1/s1. The molecule has 1 aromatic rings. The number of hydrogen-bond donors (Lipinski definition) is 0. The number of anilines is 1. The Bertz CT molecular complexity index is 597. The van der Waals surface area contributed by atoms with Gasteiger partial charge in [-0.05, 0) is 19.1 Å². The number of benzene rings is 1. The number of amides is 1. The highest BCUT2D eigenvalue weighted by atomic mass is 16.6. The normalized spacial score (nSPS) is 17.4. The third-order valence-electron chi connectivity index (χ3n) is 2.66. The Labute approximate surface area is 121 Å². The van der Waals surface area contributed by atoms with Crippen LogP contribution in [-0.2, 0) is 23.9 Å². The summed E-state index contributed by atoms with van der Waals surface area (Å²) in [6.07, 6.45) is -1.37. The van der Waals surface area contributed by atoms with Gasteiger partial charge in [-0.2, -0.15) is 10.1 Å². The molecular formula is C14H14N2O5. The molecule has 7 nitrogen and oxygen atoms in total. The van der Waals surface area contributed by atoms with Crippen molar-refractivity contribution in [1.82, 2.24) is 0 Å². The maximum Gasteiger partial charge on any atom is 0.359 e. The second-order valence-electron chi connectivity index (χ2n) is 4.18. The Morgan fingerprint density at radius 3 is 2.52 bits per heavy atom. The van der Waals surface area contributed by atoms with Gasteiger partial charge >= 0.3 is 11.9 Å². The predicted octanol–water partition coefficient (Wildman–Crippen LogP) is 0.884. The predicted molar refractivity (Wildman–Crippen MR) is 73.6 cm³/mol. The van der Waals surface area contributed by atoms with E-state index >= 15 is 0 Å². The van der Waals surface area contributed by atoms with E-state index in [0.717, 1.165) is 11.9 Å². The molecular weight excluding hydrogens is 276 g/mol. The third-order valence-corrected chi connectivity index (χ3v) is 2.66. The lowest BCUT2D eigenvalue weighted by Gasteiger charge is -2.13. The second kappa shape index (κ2) is 6.17. The molecule has 1 aliphatic rings. The van der Waals surface area contributed by atoms with Gasteiger partial charge < -0.3 is 9.47 Å². The minimum atomic E-state index is -1.37. The number of hydrogen-bond acceptors (Lipinski definition) is 6. The zero-order chi connectivity index (χ0) is 15.4. The fourth-order valence-electron chi connectivity index (χ4n) is 1.82. The highest BCUT2D eigenvalue weighted by Crippen LogP contribution is 2.22. The van der Waals surface area contributed by atoms with Gasteiger partial charge in [0.15, 0.2) is 5.71 Å². The maximum atomic E-state index is 12.3. The Morgan fingerprint density at radius 1 is 1.29 bits per heavy atom. The summed E-state index contributed by atoms with van der Waals surface area (Å²) in [5.74, 6) is -2.07. The monoisotopic (exact) mass is 290 g/mol. The molecule has 0 aliphatic carbocycles. The summed E-state index contributed by atoms with van der Waals surface area (Å²) >= 11 is 0. The fraction of sp³-hybridized carbons (Fsp3) is 0.286. The lowest BCUT2D eigenvalue weighted by atomic mass is 10.2. The minimum Gasteiger partial charge on any atom is -0.461 e. The molecule has 7 heteroatoms. The smallest absolute Gasteiger partial charge is 0.359 e. The summed E-state index contributed by atoms with van der Waals surface area (Å²) in [5.41, 5.74) is 0.236. The van der Waals surface area contributed by atoms with Gasteiger partial charge in [-0.1, -0.05) is 18.2 Å². The molecule has 0 unspecified atom stereocenters. The summed E-state index contributed by atoms with van der Waals surface area (Å²) in [6, 6.07) is 8.53. The summed E-state index contributed by atoms with van der Waals surface area (Å²) in [7, 11) is 0. The van der Waals surface area contributed by atoms with Crippen molar-refractivity contribution in [1.29, 1.82) is 0 Å². The first-order chi connectivity index (χ1) is 10.0. The van der Waals surface area contributed by atoms with E-state index in [9.17, 15) is 14.4 Å². The van der Waals surface area contributed by atoms with Crippen molar-refractivity contribution in [2.24, 2.45) is 5.10 Å². The van der Waals surface area contributed by atoms with E-state index in [1.165, 1.54) is 0 Å². The first-order valence-corrected chi connectivity index (χ1v) is 6.36. The summed E-state index contributed by atoms with van der Waals surface area (Å²) < 4.78 is 9.72. The summed E-state index contributed by atoms with van der Waals surface area (Å²) in [6.45, 7) is 2.91. The fourth-order valence-corrected chi connectivity index (χ4v) is 1.82. The summed E-state index contributed by atoms with van der Waals surface area (Å²) in [4.78, 5) is 35.2. The molecule has 1 heterocycles. The molecule has 0 bridgehead atoms. The topological polar surface area (TPSA) is 85.3 Å². The molecule has 0 aromatic heterocycles. The molecule has 0 N–H and O–H groups in total. The lowest BCUT2D eigenvalue weighted by Crippen LogP contribution is -2.38. The van der Waals surface area contributed by atoms with Crippen LogP contribution in [0.5, 0.6) is 0 Å². The van der Waals surface area contributed by atoms with Crippen molar-refractivity contribution in [2.75, 3.05) is 11.6 Å². The Balaban J connectivity index is 2.34. The van der Waals surface area contributed by atoms with Crippen LogP contribution in [0.1, 0.15) is 13.8 Å². The Kier molecular flexibility index (Phi) is 4.32. The molecule has 0 radical (unpaired) electrons. The van der Waals surface area contributed by atoms with Crippen LogP contribution in [0.2, 0.25) is 0 Å². The average molecular weight is 290 g/mol. The van der Waals surface area contributed by atoms with E-state index in [2.05, 4.69) is 5.10 Å². The zero-order valence-electron chi connectivity index (χ0n) is 11.6. The molecule has 1 aromatic carbocycles. The number of hydrazone groups is 1. The van der Waals surface area contributed by atoms with Crippen molar-refractivity contribution in [2.45, 2.75) is 20.0 Å². The molecule has 0 spiro atoms. The SMILES string of the molecule is CCOC(=O)C1=NN(c2ccccc2)C(=O)[C@@H]1OC(C)=O. The van der Waals surface area contributed by atoms with Gasteiger partial charge in [-0.25, -0.2) is 4.79 Å². The van der Waals surface area contributed by atoms with Gasteiger partial charge in [0.25, 0.3) is 5.91 Å². The van der Waals surface area contributed by atoms with Crippen molar-refractivity contribution in [3.8, 4) is 0 Å². The first kappa shape index (κ1) is 14.7. The first-order valence-electron chi connectivity index (χ1n) is 6.36. The van der Waals surface area contributed by atoms with E-state index in [1.807, 2.05) is 0 Å².